The van der Waals surface area contributed by atoms with Gasteiger partial charge in [-0.15, -0.1) is 0 Å². The second-order valence-electron chi connectivity index (χ2n) is 5.45. The Morgan fingerprint density at radius 2 is 1.52 bits per heavy atom. The van der Waals surface area contributed by atoms with Crippen molar-refractivity contribution in [2.24, 2.45) is 5.73 Å². The maximum Gasteiger partial charge on any atom is 0.0669 e. The Balaban J connectivity index is 0.000000198. The Hall–Kier alpha value is -1.19. The van der Waals surface area contributed by atoms with Crippen molar-refractivity contribution in [2.75, 3.05) is 19.8 Å². The molecule has 0 radical (unpaired) electrons. The fourth-order valence-electron chi connectivity index (χ4n) is 2.11. The summed E-state index contributed by atoms with van der Waals surface area (Å²) in [6.07, 6.45) is 4.00. The van der Waals surface area contributed by atoms with Crippen molar-refractivity contribution in [1.29, 1.82) is 5.26 Å². The molecule has 1 saturated heterocycles. The average Bonchev–Trinajstić information content (AvgIpc) is 3.16. The lowest BCUT2D eigenvalue weighted by Crippen LogP contribution is -2.02. The summed E-state index contributed by atoms with van der Waals surface area (Å²) in [7, 11) is 0. The molecule has 134 valence electrons. The number of hydrogen-bond acceptors (Lipinski definition) is 3. The fraction of sp³-hybridized carbons (Fsp3) is 0.350. The Morgan fingerprint density at radius 3 is 1.96 bits per heavy atom. The monoisotopic (exact) mass is 466 g/mol. The summed E-state index contributed by atoms with van der Waals surface area (Å²) in [4.78, 5) is 0. The molecule has 0 amide bonds. The van der Waals surface area contributed by atoms with E-state index in [1.807, 2.05) is 36.4 Å². The van der Waals surface area contributed by atoms with Crippen molar-refractivity contribution in [2.45, 2.75) is 25.7 Å². The molecule has 1 heterocycles. The van der Waals surface area contributed by atoms with E-state index in [1.54, 1.807) is 0 Å². The molecular formula is C20H24Br2N2O. The normalized spacial score (nSPS) is 12.2. The smallest absolute Gasteiger partial charge is 0.0669 e. The second-order valence-corrected chi connectivity index (χ2v) is 7.28. The third-order valence-electron chi connectivity index (χ3n) is 3.32. The third kappa shape index (κ3) is 11.1. The van der Waals surface area contributed by atoms with Gasteiger partial charge in [0.1, 0.15) is 0 Å². The number of nitriles is 1. The van der Waals surface area contributed by atoms with E-state index >= 15 is 0 Å². The van der Waals surface area contributed by atoms with Crippen molar-refractivity contribution in [3.05, 3.63) is 68.6 Å². The van der Waals surface area contributed by atoms with E-state index in [1.165, 1.54) is 18.4 Å². The molecule has 0 aliphatic carbocycles. The quantitative estimate of drug-likeness (QED) is 0.669. The van der Waals surface area contributed by atoms with Gasteiger partial charge in [0.25, 0.3) is 0 Å². The highest BCUT2D eigenvalue weighted by Gasteiger charge is 1.94. The molecule has 2 N–H and O–H groups in total. The molecule has 0 aromatic heterocycles. The van der Waals surface area contributed by atoms with Crippen LogP contribution in [0.4, 0.5) is 0 Å². The Bertz CT molecular complexity index is 645. The molecule has 1 aliphatic heterocycles. The molecule has 0 atom stereocenters. The summed E-state index contributed by atoms with van der Waals surface area (Å²) in [5.74, 6) is 0. The van der Waals surface area contributed by atoms with Gasteiger partial charge in [0.2, 0.25) is 0 Å². The van der Waals surface area contributed by atoms with Gasteiger partial charge in [-0.2, -0.15) is 5.26 Å². The number of benzene rings is 2. The summed E-state index contributed by atoms with van der Waals surface area (Å²) < 4.78 is 7.10. The van der Waals surface area contributed by atoms with Gasteiger partial charge in [-0.3, -0.25) is 0 Å². The number of ether oxygens (including phenoxy) is 1. The van der Waals surface area contributed by atoms with E-state index in [2.05, 4.69) is 50.1 Å². The lowest BCUT2D eigenvalue weighted by Gasteiger charge is -1.97. The van der Waals surface area contributed by atoms with Crippen LogP contribution >= 0.6 is 31.9 Å². The SMILES string of the molecule is C1CCOC1.N#CCc1cccc(Br)c1.NCCc1cccc(Br)c1. The molecule has 2 aromatic rings. The zero-order valence-corrected chi connectivity index (χ0v) is 17.4. The third-order valence-corrected chi connectivity index (χ3v) is 4.31. The highest BCUT2D eigenvalue weighted by molar-refractivity contribution is 9.10. The number of hydrogen-bond donors (Lipinski definition) is 1. The topological polar surface area (TPSA) is 59.0 Å². The Labute approximate surface area is 167 Å². The van der Waals surface area contributed by atoms with Crippen molar-refractivity contribution in [1.82, 2.24) is 0 Å². The first kappa shape index (κ1) is 21.9. The summed E-state index contributed by atoms with van der Waals surface area (Å²) in [6, 6.07) is 18.1. The van der Waals surface area contributed by atoms with Gasteiger partial charge in [-0.05, 0) is 61.2 Å². The molecule has 3 rings (SSSR count). The van der Waals surface area contributed by atoms with E-state index in [9.17, 15) is 0 Å². The molecule has 0 saturated carbocycles. The van der Waals surface area contributed by atoms with E-state index in [-0.39, 0.29) is 0 Å². The molecule has 2 aromatic carbocycles. The molecular weight excluding hydrogens is 444 g/mol. The minimum Gasteiger partial charge on any atom is -0.381 e. The van der Waals surface area contributed by atoms with Gasteiger partial charge >= 0.3 is 0 Å². The largest absolute Gasteiger partial charge is 0.381 e. The Morgan fingerprint density at radius 1 is 0.960 bits per heavy atom. The van der Waals surface area contributed by atoms with Crippen LogP contribution in [0.5, 0.6) is 0 Å². The number of rotatable bonds is 3. The van der Waals surface area contributed by atoms with Gasteiger partial charge in [0.15, 0.2) is 0 Å². The highest BCUT2D eigenvalue weighted by atomic mass is 79.9. The van der Waals surface area contributed by atoms with Crippen LogP contribution in [0.25, 0.3) is 0 Å². The van der Waals surface area contributed by atoms with Crippen molar-refractivity contribution < 1.29 is 4.74 Å². The van der Waals surface area contributed by atoms with E-state index < -0.39 is 0 Å². The molecule has 1 aliphatic rings. The molecule has 25 heavy (non-hydrogen) atoms. The zero-order chi connectivity index (χ0) is 18.3. The summed E-state index contributed by atoms with van der Waals surface area (Å²) in [5.41, 5.74) is 7.74. The van der Waals surface area contributed by atoms with Gasteiger partial charge in [-0.25, -0.2) is 0 Å². The van der Waals surface area contributed by atoms with Crippen LogP contribution in [-0.4, -0.2) is 19.8 Å². The summed E-state index contributed by atoms with van der Waals surface area (Å²) in [5, 5.41) is 8.35. The van der Waals surface area contributed by atoms with Gasteiger partial charge < -0.3 is 10.5 Å². The lowest BCUT2D eigenvalue weighted by atomic mass is 10.2. The predicted octanol–water partition coefficient (Wildman–Crippen LogP) is 5.26. The minimum atomic E-state index is 0.486. The van der Waals surface area contributed by atoms with E-state index in [0.29, 0.717) is 6.42 Å². The highest BCUT2D eigenvalue weighted by Crippen LogP contribution is 2.12. The van der Waals surface area contributed by atoms with Crippen LogP contribution in [0, 0.1) is 11.3 Å². The molecule has 0 bridgehead atoms. The molecule has 1 fully saturated rings. The number of halogens is 2. The number of nitrogens with two attached hydrogens (primary N) is 1. The zero-order valence-electron chi connectivity index (χ0n) is 14.3. The van der Waals surface area contributed by atoms with Crippen LogP contribution in [0.1, 0.15) is 24.0 Å². The van der Waals surface area contributed by atoms with Crippen LogP contribution in [0.15, 0.2) is 57.5 Å². The molecule has 0 spiro atoms. The van der Waals surface area contributed by atoms with Gasteiger partial charge in [0.05, 0.1) is 12.5 Å². The Kier molecular flexibility index (Phi) is 12.3. The van der Waals surface area contributed by atoms with Gasteiger partial charge in [-0.1, -0.05) is 56.1 Å². The maximum absolute atomic E-state index is 8.35. The number of nitrogens with zero attached hydrogens (tertiary/aromatic N) is 1. The van der Waals surface area contributed by atoms with Crippen LogP contribution < -0.4 is 5.73 Å². The fourth-order valence-corrected chi connectivity index (χ4v) is 3.00. The van der Waals surface area contributed by atoms with Crippen molar-refractivity contribution in [3.63, 3.8) is 0 Å². The van der Waals surface area contributed by atoms with E-state index in [0.717, 1.165) is 40.7 Å². The maximum atomic E-state index is 8.35. The van der Waals surface area contributed by atoms with Crippen LogP contribution in [0.3, 0.4) is 0 Å². The molecule has 3 nitrogen and oxygen atoms in total. The first-order valence-electron chi connectivity index (χ1n) is 8.29. The van der Waals surface area contributed by atoms with Crippen molar-refractivity contribution >= 4 is 31.9 Å². The van der Waals surface area contributed by atoms with E-state index in [4.69, 9.17) is 15.7 Å². The van der Waals surface area contributed by atoms with Crippen LogP contribution in [-0.2, 0) is 17.6 Å². The minimum absolute atomic E-state index is 0.486. The lowest BCUT2D eigenvalue weighted by molar-refractivity contribution is 0.198. The first-order chi connectivity index (χ1) is 12.2. The average molecular weight is 468 g/mol. The van der Waals surface area contributed by atoms with Crippen LogP contribution in [0.2, 0.25) is 0 Å². The second kappa shape index (κ2) is 14.0. The first-order valence-corrected chi connectivity index (χ1v) is 9.88. The molecule has 0 unspecified atom stereocenters. The summed E-state index contributed by atoms with van der Waals surface area (Å²) in [6.45, 7) is 2.72. The van der Waals surface area contributed by atoms with Crippen molar-refractivity contribution in [3.8, 4) is 6.07 Å². The van der Waals surface area contributed by atoms with Gasteiger partial charge in [0, 0.05) is 22.2 Å². The predicted molar refractivity (Wildman–Crippen MR) is 110 cm³/mol. The standard InChI is InChI=1S/C8H10BrN.C8H6BrN.C4H8O/c2*9-8-3-1-2-7(6-8)4-5-10;1-2-4-5-3-1/h1-3,6H,4-5,10H2;1-3,6H,4H2;1-4H2. The molecule has 5 heteroatoms. The summed E-state index contributed by atoms with van der Waals surface area (Å²) >= 11 is 6.71.